The van der Waals surface area contributed by atoms with E-state index in [0.717, 1.165) is 54.5 Å². The van der Waals surface area contributed by atoms with Crippen LogP contribution in [-0.4, -0.2) is 15.0 Å². The van der Waals surface area contributed by atoms with Crippen LogP contribution in [0.1, 0.15) is 0 Å². The minimum atomic E-state index is 0.619. The lowest BCUT2D eigenvalue weighted by Crippen LogP contribution is -2.00. The molecule has 0 bridgehead atoms. The second-order valence-corrected chi connectivity index (χ2v) is 11.2. The highest BCUT2D eigenvalue weighted by molar-refractivity contribution is 9.10. The molecular weight excluding hydrogens is 590 g/mol. The van der Waals surface area contributed by atoms with Crippen LogP contribution < -0.4 is 0 Å². The highest BCUT2D eigenvalue weighted by atomic mass is 79.9. The minimum Gasteiger partial charge on any atom is -0.208 e. The molecule has 204 valence electrons. The van der Waals surface area contributed by atoms with Crippen molar-refractivity contribution >= 4 is 15.9 Å². The van der Waals surface area contributed by atoms with Crippen LogP contribution >= 0.6 is 15.9 Å². The molecule has 7 rings (SSSR count). The van der Waals surface area contributed by atoms with Crippen LogP contribution in [0.3, 0.4) is 0 Å². The van der Waals surface area contributed by atoms with Crippen molar-refractivity contribution < 1.29 is 0 Å². The molecule has 0 aliphatic carbocycles. The molecule has 0 amide bonds. The highest BCUT2D eigenvalue weighted by Crippen LogP contribution is 2.33. The van der Waals surface area contributed by atoms with E-state index in [1.54, 1.807) is 0 Å². The van der Waals surface area contributed by atoms with E-state index in [0.29, 0.717) is 17.5 Å². The van der Waals surface area contributed by atoms with Crippen molar-refractivity contribution in [2.24, 2.45) is 0 Å². The number of hydrogen-bond acceptors (Lipinski definition) is 3. The number of benzene rings is 6. The number of halogens is 1. The Kier molecular flexibility index (Phi) is 7.43. The van der Waals surface area contributed by atoms with Crippen molar-refractivity contribution in [2.75, 3.05) is 0 Å². The van der Waals surface area contributed by atoms with E-state index >= 15 is 0 Å². The summed E-state index contributed by atoms with van der Waals surface area (Å²) in [6, 6.07) is 54.2. The maximum atomic E-state index is 5.05. The zero-order chi connectivity index (χ0) is 29.0. The van der Waals surface area contributed by atoms with Gasteiger partial charge in [0.05, 0.1) is 0 Å². The zero-order valence-corrected chi connectivity index (χ0v) is 24.8. The van der Waals surface area contributed by atoms with Crippen molar-refractivity contribution in [1.29, 1.82) is 0 Å². The summed E-state index contributed by atoms with van der Waals surface area (Å²) in [5, 5.41) is 0. The van der Waals surface area contributed by atoms with Gasteiger partial charge in [0.2, 0.25) is 0 Å². The number of hydrogen-bond donors (Lipinski definition) is 0. The molecule has 0 fully saturated rings. The predicted octanol–water partition coefficient (Wildman–Crippen LogP) is 10.6. The Morgan fingerprint density at radius 1 is 0.279 bits per heavy atom. The summed E-state index contributed by atoms with van der Waals surface area (Å²) in [5.41, 5.74) is 9.52. The van der Waals surface area contributed by atoms with E-state index < -0.39 is 0 Å². The van der Waals surface area contributed by atoms with E-state index in [1.807, 2.05) is 18.2 Å². The number of rotatable bonds is 6. The molecule has 0 radical (unpaired) electrons. The summed E-state index contributed by atoms with van der Waals surface area (Å²) in [6.07, 6.45) is 0. The van der Waals surface area contributed by atoms with Gasteiger partial charge in [-0.3, -0.25) is 0 Å². The Labute approximate surface area is 259 Å². The zero-order valence-electron chi connectivity index (χ0n) is 23.2. The molecule has 4 heteroatoms. The van der Waals surface area contributed by atoms with E-state index in [4.69, 9.17) is 15.0 Å². The van der Waals surface area contributed by atoms with Gasteiger partial charge in [0.15, 0.2) is 17.5 Å². The first kappa shape index (κ1) is 26.7. The molecular formula is C39H26BrN3. The fraction of sp³-hybridized carbons (Fsp3) is 0. The standard InChI is InChI=1S/C39H26BrN3/c40-36-25-34(29-16-8-3-9-17-29)24-35(26-36)39-42-37(32-20-10-18-30(22-32)27-12-4-1-5-13-27)41-38(43-39)33-21-11-19-31(23-33)28-14-6-2-7-15-28/h1-26H. The van der Waals surface area contributed by atoms with Crippen LogP contribution in [-0.2, 0) is 0 Å². The Balaban J connectivity index is 1.40. The maximum Gasteiger partial charge on any atom is 0.164 e. The molecule has 43 heavy (non-hydrogen) atoms. The lowest BCUT2D eigenvalue weighted by atomic mass is 10.0. The quantitative estimate of drug-likeness (QED) is 0.187. The van der Waals surface area contributed by atoms with Gasteiger partial charge in [-0.05, 0) is 63.7 Å². The van der Waals surface area contributed by atoms with E-state index in [-0.39, 0.29) is 0 Å². The fourth-order valence-corrected chi connectivity index (χ4v) is 5.71. The summed E-state index contributed by atoms with van der Waals surface area (Å²) >= 11 is 3.73. The summed E-state index contributed by atoms with van der Waals surface area (Å²) < 4.78 is 0.963. The van der Waals surface area contributed by atoms with Gasteiger partial charge in [0.1, 0.15) is 0 Å². The molecule has 1 heterocycles. The second kappa shape index (κ2) is 12.0. The summed E-state index contributed by atoms with van der Waals surface area (Å²) in [6.45, 7) is 0. The Hall–Kier alpha value is -5.19. The van der Waals surface area contributed by atoms with Gasteiger partial charge in [-0.15, -0.1) is 0 Å². The lowest BCUT2D eigenvalue weighted by molar-refractivity contribution is 1.07. The van der Waals surface area contributed by atoms with Crippen LogP contribution in [0.2, 0.25) is 0 Å². The van der Waals surface area contributed by atoms with Gasteiger partial charge in [-0.2, -0.15) is 0 Å². The van der Waals surface area contributed by atoms with Crippen LogP contribution in [0.25, 0.3) is 67.5 Å². The Bertz CT molecular complexity index is 1920. The Morgan fingerprint density at radius 2 is 0.605 bits per heavy atom. The molecule has 0 aliphatic rings. The first-order valence-corrected chi connectivity index (χ1v) is 14.9. The molecule has 3 nitrogen and oxygen atoms in total. The van der Waals surface area contributed by atoms with Crippen LogP contribution in [0.4, 0.5) is 0 Å². The SMILES string of the molecule is Brc1cc(-c2ccccc2)cc(-c2nc(-c3cccc(-c4ccccc4)c3)nc(-c3cccc(-c4ccccc4)c3)n2)c1. The third-order valence-electron chi connectivity index (χ3n) is 7.35. The third-order valence-corrected chi connectivity index (χ3v) is 7.81. The highest BCUT2D eigenvalue weighted by Gasteiger charge is 2.15. The first-order valence-electron chi connectivity index (χ1n) is 14.1. The minimum absolute atomic E-state index is 0.619. The van der Waals surface area contributed by atoms with Gasteiger partial charge in [0.25, 0.3) is 0 Å². The van der Waals surface area contributed by atoms with Crippen LogP contribution in [0, 0.1) is 0 Å². The van der Waals surface area contributed by atoms with Crippen molar-refractivity contribution in [3.63, 3.8) is 0 Å². The largest absolute Gasteiger partial charge is 0.208 e. The normalized spacial score (nSPS) is 10.9. The van der Waals surface area contributed by atoms with Gasteiger partial charge in [-0.1, -0.05) is 143 Å². The molecule has 1 aromatic heterocycles. The molecule has 0 N–H and O–H groups in total. The van der Waals surface area contributed by atoms with Crippen molar-refractivity contribution in [3.05, 3.63) is 162 Å². The van der Waals surface area contributed by atoms with Gasteiger partial charge in [-0.25, -0.2) is 15.0 Å². The number of nitrogens with zero attached hydrogens (tertiary/aromatic N) is 3. The third kappa shape index (κ3) is 5.92. The van der Waals surface area contributed by atoms with Gasteiger partial charge >= 0.3 is 0 Å². The van der Waals surface area contributed by atoms with E-state index in [2.05, 4.69) is 155 Å². The average Bonchev–Trinajstić information content (AvgIpc) is 3.09. The van der Waals surface area contributed by atoms with Crippen molar-refractivity contribution in [2.45, 2.75) is 0 Å². The molecule has 7 aromatic rings. The van der Waals surface area contributed by atoms with E-state index in [1.165, 1.54) is 0 Å². The van der Waals surface area contributed by atoms with E-state index in [9.17, 15) is 0 Å². The molecule has 0 saturated heterocycles. The van der Waals surface area contributed by atoms with Gasteiger partial charge in [0, 0.05) is 21.2 Å². The predicted molar refractivity (Wildman–Crippen MR) is 180 cm³/mol. The second-order valence-electron chi connectivity index (χ2n) is 10.3. The van der Waals surface area contributed by atoms with Crippen LogP contribution in [0.15, 0.2) is 162 Å². The molecule has 0 saturated carbocycles. The van der Waals surface area contributed by atoms with Crippen LogP contribution in [0.5, 0.6) is 0 Å². The van der Waals surface area contributed by atoms with Crippen molar-refractivity contribution in [3.8, 4) is 67.5 Å². The molecule has 6 aromatic carbocycles. The average molecular weight is 617 g/mol. The first-order chi connectivity index (χ1) is 21.2. The molecule has 0 aliphatic heterocycles. The molecule has 0 spiro atoms. The maximum absolute atomic E-state index is 5.05. The molecule has 0 atom stereocenters. The smallest absolute Gasteiger partial charge is 0.164 e. The summed E-state index contributed by atoms with van der Waals surface area (Å²) in [4.78, 5) is 15.1. The number of aromatic nitrogens is 3. The summed E-state index contributed by atoms with van der Waals surface area (Å²) in [7, 11) is 0. The Morgan fingerprint density at radius 3 is 1.07 bits per heavy atom. The molecule has 0 unspecified atom stereocenters. The van der Waals surface area contributed by atoms with Crippen molar-refractivity contribution in [1.82, 2.24) is 15.0 Å². The van der Waals surface area contributed by atoms with Gasteiger partial charge < -0.3 is 0 Å². The monoisotopic (exact) mass is 615 g/mol. The fourth-order valence-electron chi connectivity index (χ4n) is 5.22. The summed E-state index contributed by atoms with van der Waals surface area (Å²) in [5.74, 6) is 1.88. The lowest BCUT2D eigenvalue weighted by Gasteiger charge is -2.12. The topological polar surface area (TPSA) is 38.7 Å².